The van der Waals surface area contributed by atoms with Crippen molar-refractivity contribution in [2.75, 3.05) is 26.4 Å². The summed E-state index contributed by atoms with van der Waals surface area (Å²) in [6.45, 7) is 18.8. The Morgan fingerprint density at radius 2 is 0.893 bits per heavy atom. The van der Waals surface area contributed by atoms with E-state index in [0.717, 1.165) is 37.8 Å². The van der Waals surface area contributed by atoms with Gasteiger partial charge in [-0.3, -0.25) is 4.79 Å². The Labute approximate surface area is 176 Å². The highest BCUT2D eigenvalue weighted by molar-refractivity contribution is 6.77. The summed E-state index contributed by atoms with van der Waals surface area (Å²) in [6, 6.07) is 1.70. The minimum atomic E-state index is -2.65. The highest BCUT2D eigenvalue weighted by Crippen LogP contribution is 2.42. The molecule has 0 saturated carbocycles. The molecule has 0 aromatic heterocycles. The van der Waals surface area contributed by atoms with E-state index in [-0.39, 0.29) is 16.9 Å². The van der Waals surface area contributed by atoms with Gasteiger partial charge in [-0.15, -0.1) is 0 Å². The maximum Gasteiger partial charge on any atom is 0.348 e. The fourth-order valence-electron chi connectivity index (χ4n) is 4.50. The molecule has 5 nitrogen and oxygen atoms in total. The van der Waals surface area contributed by atoms with Crippen molar-refractivity contribution in [2.24, 2.45) is 0 Å². The van der Waals surface area contributed by atoms with Gasteiger partial charge in [-0.05, 0) is 52.6 Å². The van der Waals surface area contributed by atoms with E-state index in [9.17, 15) is 4.79 Å². The summed E-state index contributed by atoms with van der Waals surface area (Å²) < 4.78 is 25.2. The van der Waals surface area contributed by atoms with Gasteiger partial charge in [-0.1, -0.05) is 40.5 Å². The van der Waals surface area contributed by atoms with Crippen LogP contribution in [0.15, 0.2) is 0 Å². The molecule has 0 aromatic carbocycles. The van der Waals surface area contributed by atoms with E-state index < -0.39 is 17.1 Å². The number of hydrogen-bond donors (Lipinski definition) is 0. The molecule has 0 bridgehead atoms. The molecule has 28 heavy (non-hydrogen) atoms. The number of rotatable bonds is 18. The van der Waals surface area contributed by atoms with Gasteiger partial charge in [0.1, 0.15) is 5.78 Å². The zero-order chi connectivity index (χ0) is 21.6. The van der Waals surface area contributed by atoms with Gasteiger partial charge in [0.15, 0.2) is 0 Å². The van der Waals surface area contributed by atoms with Crippen LogP contribution in [0.4, 0.5) is 0 Å². The lowest BCUT2D eigenvalue weighted by Crippen LogP contribution is -2.55. The Morgan fingerprint density at radius 1 is 0.607 bits per heavy atom. The average Bonchev–Trinajstić information content (AvgIpc) is 2.64. The molecule has 0 aromatic rings. The Kier molecular flexibility index (Phi) is 14.8. The van der Waals surface area contributed by atoms with Crippen LogP contribution < -0.4 is 0 Å². The van der Waals surface area contributed by atoms with Crippen LogP contribution in [0.1, 0.15) is 81.1 Å². The second-order valence-electron chi connectivity index (χ2n) is 7.18. The predicted molar refractivity (Wildman–Crippen MR) is 121 cm³/mol. The summed E-state index contributed by atoms with van der Waals surface area (Å²) in [5.41, 5.74) is -0.358. The summed E-state index contributed by atoms with van der Waals surface area (Å²) >= 11 is 0. The van der Waals surface area contributed by atoms with Crippen molar-refractivity contribution in [1.29, 1.82) is 0 Å². The fourth-order valence-corrected chi connectivity index (χ4v) is 12.8. The standard InChI is InChI=1S/C21H46O5Si2/c1-9-17-27(23-13-5,24-14-6)19(11-3)21(22)20(12-4)28(18-10-2,25-15-7)26-16-8/h19-20H,9-18H2,1-8H3. The summed E-state index contributed by atoms with van der Waals surface area (Å²) in [7, 11) is -5.31. The second kappa shape index (κ2) is 14.9. The van der Waals surface area contributed by atoms with Gasteiger partial charge in [0.25, 0.3) is 0 Å². The molecule has 0 aliphatic carbocycles. The molecule has 0 aliphatic heterocycles. The summed E-state index contributed by atoms with van der Waals surface area (Å²) in [4.78, 5) is 14.0. The molecular formula is C21H46O5Si2. The van der Waals surface area contributed by atoms with E-state index in [1.807, 2.05) is 27.7 Å². The van der Waals surface area contributed by atoms with Crippen molar-refractivity contribution in [3.05, 3.63) is 0 Å². The third-order valence-electron chi connectivity index (χ3n) is 5.32. The fraction of sp³-hybridized carbons (Fsp3) is 0.952. The van der Waals surface area contributed by atoms with Crippen LogP contribution in [0.25, 0.3) is 0 Å². The minimum Gasteiger partial charge on any atom is -0.394 e. The first-order valence-corrected chi connectivity index (χ1v) is 15.7. The van der Waals surface area contributed by atoms with Gasteiger partial charge in [-0.2, -0.15) is 0 Å². The van der Waals surface area contributed by atoms with Gasteiger partial charge in [0.2, 0.25) is 0 Å². The van der Waals surface area contributed by atoms with Crippen molar-refractivity contribution in [2.45, 2.75) is 104 Å². The Balaban J connectivity index is 6.16. The summed E-state index contributed by atoms with van der Waals surface area (Å²) in [6.07, 6.45) is 3.41. The quantitative estimate of drug-likeness (QED) is 0.249. The molecule has 0 saturated heterocycles. The van der Waals surface area contributed by atoms with Gasteiger partial charge in [-0.25, -0.2) is 0 Å². The molecular weight excluding hydrogens is 388 g/mol. The first-order valence-electron chi connectivity index (χ1n) is 11.5. The Hall–Kier alpha value is -0.0562. The molecule has 2 atom stereocenters. The average molecular weight is 435 g/mol. The smallest absolute Gasteiger partial charge is 0.348 e. The summed E-state index contributed by atoms with van der Waals surface area (Å²) in [5, 5.41) is 0. The van der Waals surface area contributed by atoms with Gasteiger partial charge in [0, 0.05) is 26.4 Å². The Morgan fingerprint density at radius 3 is 1.07 bits per heavy atom. The van der Waals surface area contributed by atoms with Crippen molar-refractivity contribution in [1.82, 2.24) is 0 Å². The zero-order valence-electron chi connectivity index (χ0n) is 19.8. The van der Waals surface area contributed by atoms with E-state index in [0.29, 0.717) is 26.4 Å². The van der Waals surface area contributed by atoms with Crippen molar-refractivity contribution in [3.63, 3.8) is 0 Å². The van der Waals surface area contributed by atoms with E-state index in [1.54, 1.807) is 0 Å². The molecule has 7 heteroatoms. The second-order valence-corrected chi connectivity index (χ2v) is 14.0. The third-order valence-corrected chi connectivity index (χ3v) is 14.3. The molecule has 0 heterocycles. The van der Waals surface area contributed by atoms with Crippen molar-refractivity contribution >= 4 is 22.9 Å². The molecule has 0 radical (unpaired) electrons. The van der Waals surface area contributed by atoms with Gasteiger partial charge in [0.05, 0.1) is 11.1 Å². The topological polar surface area (TPSA) is 54.0 Å². The third kappa shape index (κ3) is 7.02. The normalized spacial score (nSPS) is 14.9. The van der Waals surface area contributed by atoms with Crippen molar-refractivity contribution in [3.8, 4) is 0 Å². The van der Waals surface area contributed by atoms with Crippen LogP contribution in [-0.4, -0.2) is 49.3 Å². The molecule has 2 unspecified atom stereocenters. The zero-order valence-corrected chi connectivity index (χ0v) is 21.8. The lowest BCUT2D eigenvalue weighted by molar-refractivity contribution is -0.120. The number of carbonyl (C=O) groups is 1. The monoisotopic (exact) mass is 434 g/mol. The lowest BCUT2D eigenvalue weighted by atomic mass is 10.1. The number of Topliss-reactive ketones (excluding diaryl/α,β-unsaturated/α-hetero) is 1. The van der Waals surface area contributed by atoms with Crippen LogP contribution in [0, 0.1) is 0 Å². The molecule has 0 amide bonds. The first-order chi connectivity index (χ1) is 13.4. The summed E-state index contributed by atoms with van der Waals surface area (Å²) in [5.74, 6) is 0.258. The SMILES string of the molecule is CCC[Si](OCC)(OCC)C(CC)C(=O)C(CC)[Si](CCC)(OCC)OCC. The van der Waals surface area contributed by atoms with Gasteiger partial charge < -0.3 is 17.7 Å². The van der Waals surface area contributed by atoms with E-state index in [1.165, 1.54) is 0 Å². The molecule has 0 spiro atoms. The first kappa shape index (κ1) is 27.9. The number of ketones is 1. The molecule has 0 rings (SSSR count). The maximum atomic E-state index is 14.0. The highest BCUT2D eigenvalue weighted by atomic mass is 28.4. The van der Waals surface area contributed by atoms with E-state index >= 15 is 0 Å². The van der Waals surface area contributed by atoms with Crippen molar-refractivity contribution < 1.29 is 22.5 Å². The highest BCUT2D eigenvalue weighted by Gasteiger charge is 2.55. The molecule has 0 N–H and O–H groups in total. The van der Waals surface area contributed by atoms with E-state index in [4.69, 9.17) is 17.7 Å². The van der Waals surface area contributed by atoms with Gasteiger partial charge >= 0.3 is 17.1 Å². The van der Waals surface area contributed by atoms with Crippen LogP contribution in [0.2, 0.25) is 23.2 Å². The largest absolute Gasteiger partial charge is 0.394 e. The minimum absolute atomic E-state index is 0.179. The lowest BCUT2D eigenvalue weighted by Gasteiger charge is -2.41. The van der Waals surface area contributed by atoms with Crippen LogP contribution >= 0.6 is 0 Å². The van der Waals surface area contributed by atoms with Crippen LogP contribution in [0.3, 0.4) is 0 Å². The van der Waals surface area contributed by atoms with Crippen LogP contribution in [-0.2, 0) is 22.5 Å². The Bertz CT molecular complexity index is 350. The predicted octanol–water partition coefficient (Wildman–Crippen LogP) is 5.97. The maximum absolute atomic E-state index is 14.0. The number of hydrogen-bond acceptors (Lipinski definition) is 5. The van der Waals surface area contributed by atoms with Crippen LogP contribution in [0.5, 0.6) is 0 Å². The molecule has 168 valence electrons. The number of carbonyl (C=O) groups excluding carboxylic acids is 1. The van der Waals surface area contributed by atoms with E-state index in [2.05, 4.69) is 27.7 Å². The molecule has 0 fully saturated rings. The molecule has 0 aliphatic rings.